The number of rotatable bonds is 39. The highest BCUT2D eigenvalue weighted by atomic mass is 16.6. The molecule has 6 heteroatoms. The van der Waals surface area contributed by atoms with Gasteiger partial charge in [-0.3, -0.25) is 14.4 Å². The van der Waals surface area contributed by atoms with Crippen LogP contribution in [0.5, 0.6) is 0 Å². The number of allylic oxidation sites excluding steroid dienone is 25. The number of hydrogen-bond acceptors (Lipinski definition) is 6. The van der Waals surface area contributed by atoms with E-state index in [1.807, 2.05) is 72.9 Å². The van der Waals surface area contributed by atoms with E-state index >= 15 is 0 Å². The van der Waals surface area contributed by atoms with E-state index in [-0.39, 0.29) is 32.0 Å². The van der Waals surface area contributed by atoms with Crippen LogP contribution in [0.15, 0.2) is 158 Å². The van der Waals surface area contributed by atoms with Crippen LogP contribution in [0.3, 0.4) is 0 Å². The second-order valence-electron chi connectivity index (χ2n) is 14.8. The molecule has 0 aromatic rings. The number of esters is 3. The topological polar surface area (TPSA) is 78.9 Å². The van der Waals surface area contributed by atoms with Crippen molar-refractivity contribution in [1.82, 2.24) is 0 Å². The molecule has 1 unspecified atom stereocenters. The number of unbranched alkanes of at least 4 members (excludes halogenated alkanes) is 11. The zero-order valence-electron chi connectivity index (χ0n) is 38.8. The molecule has 342 valence electrons. The molecule has 0 amide bonds. The maximum absolute atomic E-state index is 12.7. The quantitative estimate of drug-likeness (QED) is 0.0202. The van der Waals surface area contributed by atoms with Gasteiger partial charge >= 0.3 is 17.9 Å². The van der Waals surface area contributed by atoms with Crippen molar-refractivity contribution in [3.8, 4) is 0 Å². The number of hydrogen-bond donors (Lipinski definition) is 0. The Morgan fingerprint density at radius 3 is 1.27 bits per heavy atom. The first-order valence-corrected chi connectivity index (χ1v) is 23.6. The highest BCUT2D eigenvalue weighted by molar-refractivity contribution is 5.72. The first-order valence-electron chi connectivity index (χ1n) is 23.6. The SMILES string of the molecule is CC\C=C/C=C\C=C/C=C\C=C\C=C/CCCCCC(=O)OC(COC(=O)C/C=C\C/C=C\C/C=C\CC)COC(=O)CCCCCCC\C=C/C=C\C=C/C=C\CCCCC. The van der Waals surface area contributed by atoms with Crippen LogP contribution >= 0.6 is 0 Å². The summed E-state index contributed by atoms with van der Waals surface area (Å²) in [5.74, 6) is -1.16. The van der Waals surface area contributed by atoms with E-state index < -0.39 is 18.0 Å². The maximum Gasteiger partial charge on any atom is 0.309 e. The molecule has 0 N–H and O–H groups in total. The summed E-state index contributed by atoms with van der Waals surface area (Å²) in [7, 11) is 0. The molecular weight excluding hydrogens is 769 g/mol. The Kier molecular flexibility index (Phi) is 44.8. The van der Waals surface area contributed by atoms with Crippen molar-refractivity contribution in [2.24, 2.45) is 0 Å². The number of carbonyl (C=O) groups excluding carboxylic acids is 3. The van der Waals surface area contributed by atoms with E-state index in [0.29, 0.717) is 12.8 Å². The van der Waals surface area contributed by atoms with Crippen molar-refractivity contribution in [2.75, 3.05) is 13.2 Å². The molecule has 0 saturated heterocycles. The average molecular weight is 851 g/mol. The van der Waals surface area contributed by atoms with E-state index in [4.69, 9.17) is 14.2 Å². The van der Waals surface area contributed by atoms with Gasteiger partial charge in [0.25, 0.3) is 0 Å². The summed E-state index contributed by atoms with van der Waals surface area (Å²) in [6.07, 6.45) is 71.1. The molecule has 0 aromatic heterocycles. The zero-order valence-corrected chi connectivity index (χ0v) is 38.8. The maximum atomic E-state index is 12.7. The van der Waals surface area contributed by atoms with Crippen molar-refractivity contribution < 1.29 is 28.6 Å². The summed E-state index contributed by atoms with van der Waals surface area (Å²) < 4.78 is 16.5. The number of carbonyl (C=O) groups is 3. The van der Waals surface area contributed by atoms with Gasteiger partial charge in [-0.05, 0) is 77.0 Å². The van der Waals surface area contributed by atoms with Crippen LogP contribution in [0.1, 0.15) is 156 Å². The van der Waals surface area contributed by atoms with Crippen molar-refractivity contribution in [3.05, 3.63) is 158 Å². The third kappa shape index (κ3) is 46.1. The highest BCUT2D eigenvalue weighted by Crippen LogP contribution is 2.11. The van der Waals surface area contributed by atoms with Gasteiger partial charge in [-0.2, -0.15) is 0 Å². The largest absolute Gasteiger partial charge is 0.462 e. The van der Waals surface area contributed by atoms with Gasteiger partial charge in [-0.25, -0.2) is 0 Å². The van der Waals surface area contributed by atoms with Crippen LogP contribution < -0.4 is 0 Å². The summed E-state index contributed by atoms with van der Waals surface area (Å²) in [5, 5.41) is 0. The van der Waals surface area contributed by atoms with Crippen molar-refractivity contribution >= 4 is 17.9 Å². The Hall–Kier alpha value is -4.97. The lowest BCUT2D eigenvalue weighted by Crippen LogP contribution is -2.30. The fraction of sp³-hybridized carbons (Fsp3) is 0.482. The molecule has 0 aliphatic rings. The summed E-state index contributed by atoms with van der Waals surface area (Å²) in [6.45, 7) is 6.13. The zero-order chi connectivity index (χ0) is 45.1. The second kappa shape index (κ2) is 48.7. The van der Waals surface area contributed by atoms with E-state index in [0.717, 1.165) is 89.9 Å². The van der Waals surface area contributed by atoms with Gasteiger partial charge in [0, 0.05) is 12.8 Å². The first kappa shape index (κ1) is 57.0. The minimum absolute atomic E-state index is 0.111. The van der Waals surface area contributed by atoms with Crippen molar-refractivity contribution in [2.45, 2.75) is 162 Å². The van der Waals surface area contributed by atoms with Crippen LogP contribution in [-0.4, -0.2) is 37.2 Å². The molecule has 0 rings (SSSR count). The summed E-state index contributed by atoms with van der Waals surface area (Å²) in [4.78, 5) is 37.7. The van der Waals surface area contributed by atoms with Gasteiger partial charge in [-0.15, -0.1) is 0 Å². The van der Waals surface area contributed by atoms with Crippen LogP contribution in [0, 0.1) is 0 Å². The fourth-order valence-corrected chi connectivity index (χ4v) is 5.54. The Morgan fingerprint density at radius 1 is 0.371 bits per heavy atom. The van der Waals surface area contributed by atoms with E-state index in [1.165, 1.54) is 19.3 Å². The first-order chi connectivity index (χ1) is 30.5. The predicted molar refractivity (Wildman–Crippen MR) is 265 cm³/mol. The monoisotopic (exact) mass is 851 g/mol. The van der Waals surface area contributed by atoms with Crippen LogP contribution in [0.4, 0.5) is 0 Å². The van der Waals surface area contributed by atoms with Crippen LogP contribution in [-0.2, 0) is 28.6 Å². The Labute approximate surface area is 378 Å². The summed E-state index contributed by atoms with van der Waals surface area (Å²) >= 11 is 0. The lowest BCUT2D eigenvalue weighted by Gasteiger charge is -2.18. The van der Waals surface area contributed by atoms with Gasteiger partial charge in [0.05, 0.1) is 6.42 Å². The van der Waals surface area contributed by atoms with Gasteiger partial charge in [0.15, 0.2) is 6.10 Å². The van der Waals surface area contributed by atoms with Crippen LogP contribution in [0.25, 0.3) is 0 Å². The molecule has 0 aliphatic carbocycles. The third-order valence-electron chi connectivity index (χ3n) is 9.04. The molecule has 0 spiro atoms. The molecule has 0 bridgehead atoms. The van der Waals surface area contributed by atoms with Gasteiger partial charge in [0.1, 0.15) is 13.2 Å². The standard InChI is InChI=1S/C56H82O6/c1-4-7-10-13-16-19-21-23-25-27-29-30-32-34-37-40-43-46-49-55(58)61-52-53(51-60-54(57)48-45-42-39-36-18-15-12-9-6-3)62-56(59)50-47-44-41-38-35-33-31-28-26-24-22-20-17-14-11-8-5-2/h8-9,11-12,14,16-31,33,35-36,42,45,53H,4-7,10,13,15,32,34,37-41,43-44,46-52H2,1-3H3/b11-8-,12-9-,17-14-,19-16-,22-20-,23-21-,26-24-,27-25-,30-29-,31-28+,35-33-,36-18-,45-42-. The molecule has 0 radical (unpaired) electrons. The lowest BCUT2D eigenvalue weighted by atomic mass is 10.1. The fourth-order valence-electron chi connectivity index (χ4n) is 5.54. The lowest BCUT2D eigenvalue weighted by molar-refractivity contribution is -0.166. The molecule has 0 aliphatic heterocycles. The van der Waals surface area contributed by atoms with E-state index in [9.17, 15) is 14.4 Å². The van der Waals surface area contributed by atoms with Gasteiger partial charge in [0.2, 0.25) is 0 Å². The van der Waals surface area contributed by atoms with Crippen LogP contribution in [0.2, 0.25) is 0 Å². The van der Waals surface area contributed by atoms with E-state index in [1.54, 1.807) is 6.08 Å². The molecule has 0 aromatic carbocycles. The summed E-state index contributed by atoms with van der Waals surface area (Å²) in [6, 6.07) is 0. The number of ether oxygens (including phenoxy) is 3. The normalized spacial score (nSPS) is 13.5. The molecular formula is C56H82O6. The van der Waals surface area contributed by atoms with Crippen molar-refractivity contribution in [3.63, 3.8) is 0 Å². The summed E-state index contributed by atoms with van der Waals surface area (Å²) in [5.41, 5.74) is 0. The Morgan fingerprint density at radius 2 is 0.758 bits per heavy atom. The predicted octanol–water partition coefficient (Wildman–Crippen LogP) is 15.5. The second-order valence-corrected chi connectivity index (χ2v) is 14.8. The molecule has 62 heavy (non-hydrogen) atoms. The van der Waals surface area contributed by atoms with Crippen molar-refractivity contribution in [1.29, 1.82) is 0 Å². The Balaban J connectivity index is 4.60. The third-order valence-corrected chi connectivity index (χ3v) is 9.04. The molecule has 0 heterocycles. The molecule has 0 saturated carbocycles. The van der Waals surface area contributed by atoms with Gasteiger partial charge < -0.3 is 14.2 Å². The average Bonchev–Trinajstić information content (AvgIpc) is 3.27. The van der Waals surface area contributed by atoms with Gasteiger partial charge in [-0.1, -0.05) is 217 Å². The van der Waals surface area contributed by atoms with E-state index in [2.05, 4.69) is 99.8 Å². The smallest absolute Gasteiger partial charge is 0.309 e. The highest BCUT2D eigenvalue weighted by Gasteiger charge is 2.19. The molecule has 1 atom stereocenters. The minimum atomic E-state index is -0.853. The minimum Gasteiger partial charge on any atom is -0.462 e. The molecule has 0 fully saturated rings. The Bertz CT molecular complexity index is 1490. The molecule has 6 nitrogen and oxygen atoms in total.